The number of rotatable bonds is 4. The number of hydrogen-bond donors (Lipinski definition) is 3. The maximum atomic E-state index is 13.0. The van der Waals surface area contributed by atoms with E-state index in [4.69, 9.17) is 46.4 Å². The van der Waals surface area contributed by atoms with E-state index in [1.165, 1.54) is 54.6 Å². The average Bonchev–Trinajstić information content (AvgIpc) is 2.61. The van der Waals surface area contributed by atoms with Gasteiger partial charge in [0.15, 0.2) is 4.75 Å². The molecular formula is C19H12Cl4O5S. The van der Waals surface area contributed by atoms with Gasteiger partial charge in [0.05, 0.1) is 10.0 Å². The van der Waals surface area contributed by atoms with Crippen LogP contribution in [0.2, 0.25) is 20.1 Å². The molecule has 29 heavy (non-hydrogen) atoms. The van der Waals surface area contributed by atoms with Gasteiger partial charge in [-0.3, -0.25) is 4.55 Å². The Bertz CT molecular complexity index is 1120. The quantitative estimate of drug-likeness (QED) is 0.311. The second-order valence-corrected chi connectivity index (χ2v) is 9.19. The van der Waals surface area contributed by atoms with Crippen LogP contribution in [0.4, 0.5) is 0 Å². The van der Waals surface area contributed by atoms with E-state index in [-0.39, 0.29) is 25.7 Å². The van der Waals surface area contributed by atoms with Gasteiger partial charge in [-0.25, -0.2) is 0 Å². The van der Waals surface area contributed by atoms with Gasteiger partial charge in [0.2, 0.25) is 0 Å². The summed E-state index contributed by atoms with van der Waals surface area (Å²) >= 11 is 25.0. The van der Waals surface area contributed by atoms with Gasteiger partial charge in [-0.2, -0.15) is 8.42 Å². The van der Waals surface area contributed by atoms with Crippen LogP contribution in [0.3, 0.4) is 0 Å². The number of phenolic OH excluding ortho intramolecular Hbond substituents is 2. The molecule has 0 bridgehead atoms. The molecule has 0 amide bonds. The Hall–Kier alpha value is -1.67. The molecule has 0 radical (unpaired) electrons. The van der Waals surface area contributed by atoms with E-state index in [9.17, 15) is 23.2 Å². The van der Waals surface area contributed by atoms with Crippen molar-refractivity contribution in [3.63, 3.8) is 0 Å². The van der Waals surface area contributed by atoms with Gasteiger partial charge in [-0.15, -0.1) is 0 Å². The van der Waals surface area contributed by atoms with Crippen LogP contribution in [0.15, 0.2) is 54.6 Å². The number of phenols is 2. The number of aromatic hydroxyl groups is 2. The fourth-order valence-electron chi connectivity index (χ4n) is 3.29. The molecule has 0 aromatic heterocycles. The van der Waals surface area contributed by atoms with Crippen LogP contribution >= 0.6 is 46.4 Å². The molecule has 0 unspecified atom stereocenters. The van der Waals surface area contributed by atoms with Gasteiger partial charge >= 0.3 is 0 Å². The molecular weight excluding hydrogens is 482 g/mol. The number of hydrogen-bond acceptors (Lipinski definition) is 4. The summed E-state index contributed by atoms with van der Waals surface area (Å²) in [5, 5.41) is 20.5. The molecule has 0 spiro atoms. The molecule has 0 aliphatic rings. The average molecular weight is 494 g/mol. The molecule has 0 heterocycles. The zero-order valence-electron chi connectivity index (χ0n) is 14.3. The highest BCUT2D eigenvalue weighted by Gasteiger charge is 2.55. The zero-order valence-corrected chi connectivity index (χ0v) is 18.1. The number of halogens is 4. The van der Waals surface area contributed by atoms with Crippen molar-refractivity contribution < 1.29 is 23.2 Å². The molecule has 3 N–H and O–H groups in total. The highest BCUT2D eigenvalue weighted by molar-refractivity contribution is 7.87. The van der Waals surface area contributed by atoms with Crippen LogP contribution in [-0.4, -0.2) is 23.2 Å². The Balaban J connectivity index is 2.73. The summed E-state index contributed by atoms with van der Waals surface area (Å²) in [7, 11) is -5.25. The minimum Gasteiger partial charge on any atom is -0.508 e. The second-order valence-electron chi connectivity index (χ2n) is 6.03. The van der Waals surface area contributed by atoms with Crippen molar-refractivity contribution in [3.8, 4) is 11.5 Å². The first-order valence-corrected chi connectivity index (χ1v) is 10.9. The lowest BCUT2D eigenvalue weighted by Gasteiger charge is -2.35. The van der Waals surface area contributed by atoms with E-state index in [0.29, 0.717) is 0 Å². The first-order chi connectivity index (χ1) is 13.5. The summed E-state index contributed by atoms with van der Waals surface area (Å²) in [6.45, 7) is 0. The molecule has 0 fully saturated rings. The van der Waals surface area contributed by atoms with Crippen LogP contribution in [0, 0.1) is 0 Å². The van der Waals surface area contributed by atoms with Gasteiger partial charge in [0.1, 0.15) is 11.5 Å². The van der Waals surface area contributed by atoms with Crippen molar-refractivity contribution >= 4 is 56.5 Å². The van der Waals surface area contributed by atoms with Crippen LogP contribution in [0.5, 0.6) is 11.5 Å². The molecule has 0 aliphatic carbocycles. The molecule has 3 aromatic carbocycles. The summed E-state index contributed by atoms with van der Waals surface area (Å²) in [6, 6.07) is 11.8. The Kier molecular flexibility index (Phi) is 5.98. The molecule has 5 nitrogen and oxygen atoms in total. The molecule has 0 atom stereocenters. The molecule has 10 heteroatoms. The molecule has 152 valence electrons. The summed E-state index contributed by atoms with van der Waals surface area (Å²) in [5.74, 6) is -1.16. The van der Waals surface area contributed by atoms with Crippen LogP contribution in [-0.2, 0) is 14.9 Å². The summed E-state index contributed by atoms with van der Waals surface area (Å²) in [5.41, 5.74) is -1.16. The van der Waals surface area contributed by atoms with E-state index >= 15 is 0 Å². The summed E-state index contributed by atoms with van der Waals surface area (Å²) in [4.78, 5) is 0. The smallest absolute Gasteiger partial charge is 0.283 e. The van der Waals surface area contributed by atoms with Crippen molar-refractivity contribution in [1.82, 2.24) is 0 Å². The van der Waals surface area contributed by atoms with Crippen LogP contribution in [0.25, 0.3) is 0 Å². The Morgan fingerprint density at radius 3 is 1.52 bits per heavy atom. The maximum absolute atomic E-state index is 13.0. The lowest BCUT2D eigenvalue weighted by Crippen LogP contribution is -2.39. The Morgan fingerprint density at radius 2 is 1.10 bits per heavy atom. The Morgan fingerprint density at radius 1 is 0.690 bits per heavy atom. The van der Waals surface area contributed by atoms with Crippen LogP contribution in [0.1, 0.15) is 16.7 Å². The molecule has 3 rings (SSSR count). The zero-order chi connectivity index (χ0) is 21.6. The summed E-state index contributed by atoms with van der Waals surface area (Å²) < 4.78 is 33.9. The lowest BCUT2D eigenvalue weighted by molar-refractivity contribution is 0.428. The van der Waals surface area contributed by atoms with Crippen molar-refractivity contribution in [2.75, 3.05) is 0 Å². The van der Waals surface area contributed by atoms with Crippen molar-refractivity contribution in [1.29, 1.82) is 0 Å². The molecule has 0 saturated heterocycles. The minimum absolute atomic E-state index is 0.0321. The number of benzene rings is 3. The predicted octanol–water partition coefficient (Wildman–Crippen LogP) is 5.89. The monoisotopic (exact) mass is 492 g/mol. The summed E-state index contributed by atoms with van der Waals surface area (Å²) in [6.07, 6.45) is 0. The van der Waals surface area contributed by atoms with Crippen molar-refractivity contribution in [2.45, 2.75) is 4.75 Å². The third-order valence-corrected chi connectivity index (χ3v) is 7.26. The largest absolute Gasteiger partial charge is 0.508 e. The minimum atomic E-state index is -5.25. The fraction of sp³-hybridized carbons (Fsp3) is 0.0526. The standard InChI is InChI=1S/C19H12Cl4O5S/c20-11-5-2-8-14(24)16(11)19(29(26,27)28,10-4-1-7-13(22)18(10)23)17-12(21)6-3-9-15(17)25/h1-9,24-25H,(H,26,27,28). The molecule has 0 aliphatic heterocycles. The maximum Gasteiger partial charge on any atom is 0.283 e. The van der Waals surface area contributed by atoms with E-state index in [0.717, 1.165) is 0 Å². The molecule has 3 aromatic rings. The highest BCUT2D eigenvalue weighted by atomic mass is 35.5. The van der Waals surface area contributed by atoms with Gasteiger partial charge in [-0.05, 0) is 30.3 Å². The van der Waals surface area contributed by atoms with Crippen LogP contribution < -0.4 is 0 Å². The van der Waals surface area contributed by atoms with Crippen molar-refractivity contribution in [3.05, 3.63) is 91.4 Å². The predicted molar refractivity (Wildman–Crippen MR) is 114 cm³/mol. The third kappa shape index (κ3) is 3.44. The van der Waals surface area contributed by atoms with Gasteiger partial charge < -0.3 is 10.2 Å². The SMILES string of the molecule is O=S(=O)(O)C(c1cccc(Cl)c1Cl)(c1c(O)cccc1Cl)c1c(O)cccc1Cl. The second kappa shape index (κ2) is 7.87. The van der Waals surface area contributed by atoms with Crippen molar-refractivity contribution in [2.24, 2.45) is 0 Å². The van der Waals surface area contributed by atoms with Gasteiger partial charge in [-0.1, -0.05) is 70.7 Å². The van der Waals surface area contributed by atoms with Gasteiger partial charge in [0, 0.05) is 26.7 Å². The first-order valence-electron chi connectivity index (χ1n) is 7.91. The normalized spacial score (nSPS) is 12.2. The van der Waals surface area contributed by atoms with E-state index in [2.05, 4.69) is 0 Å². The van der Waals surface area contributed by atoms with E-state index in [1.54, 1.807) is 0 Å². The Labute approximate surface area is 186 Å². The van der Waals surface area contributed by atoms with E-state index in [1.807, 2.05) is 0 Å². The van der Waals surface area contributed by atoms with Gasteiger partial charge in [0.25, 0.3) is 10.1 Å². The highest BCUT2D eigenvalue weighted by Crippen LogP contribution is 2.55. The third-order valence-electron chi connectivity index (χ3n) is 4.41. The first kappa shape index (κ1) is 22.0. The lowest BCUT2D eigenvalue weighted by atomic mass is 9.82. The van der Waals surface area contributed by atoms with E-state index < -0.39 is 37.5 Å². The topological polar surface area (TPSA) is 94.8 Å². The fourth-order valence-corrected chi connectivity index (χ4v) is 5.92. The molecule has 0 saturated carbocycles.